The Morgan fingerprint density at radius 3 is 2.21 bits per heavy atom. The van der Waals surface area contributed by atoms with Gasteiger partial charge in [0, 0.05) is 25.0 Å². The van der Waals surface area contributed by atoms with Gasteiger partial charge in [-0.05, 0) is 50.1 Å². The minimum absolute atomic E-state index is 0.428. The maximum Gasteiger partial charge on any atom is 0.230 e. The van der Waals surface area contributed by atoms with E-state index in [0.717, 1.165) is 17.1 Å². The highest BCUT2D eigenvalue weighted by molar-refractivity contribution is 5.58. The molecule has 0 aliphatic rings. The van der Waals surface area contributed by atoms with Crippen molar-refractivity contribution in [2.24, 2.45) is 5.73 Å². The van der Waals surface area contributed by atoms with Crippen molar-refractivity contribution >= 4 is 11.6 Å². The highest BCUT2D eigenvalue weighted by Gasteiger charge is 2.09. The zero-order valence-corrected chi connectivity index (χ0v) is 11.9. The Balaban J connectivity index is 2.43. The monoisotopic (exact) mass is 256 g/mol. The van der Waals surface area contributed by atoms with Gasteiger partial charge in [-0.15, -0.1) is 0 Å². The maximum absolute atomic E-state index is 5.67. The predicted molar refractivity (Wildman–Crippen MR) is 78.6 cm³/mol. The predicted octanol–water partition coefficient (Wildman–Crippen LogP) is 2.63. The zero-order chi connectivity index (χ0) is 14.0. The molecule has 1 heterocycles. The molecule has 100 valence electrons. The smallest absolute Gasteiger partial charge is 0.230 e. The van der Waals surface area contributed by atoms with Crippen LogP contribution in [0.1, 0.15) is 22.5 Å². The first-order valence-corrected chi connectivity index (χ1v) is 6.36. The van der Waals surface area contributed by atoms with Gasteiger partial charge in [0.25, 0.3) is 0 Å². The maximum atomic E-state index is 5.67. The average molecular weight is 256 g/mol. The largest absolute Gasteiger partial charge is 0.325 e. The van der Waals surface area contributed by atoms with Crippen LogP contribution in [-0.4, -0.2) is 17.0 Å². The van der Waals surface area contributed by atoms with Crippen LogP contribution >= 0.6 is 0 Å². The Morgan fingerprint density at radius 2 is 1.63 bits per heavy atom. The number of nitrogens with two attached hydrogens (primary N) is 1. The first kappa shape index (κ1) is 13.5. The lowest BCUT2D eigenvalue weighted by atomic mass is 10.1. The van der Waals surface area contributed by atoms with Gasteiger partial charge in [-0.3, -0.25) is 0 Å². The quantitative estimate of drug-likeness (QED) is 0.917. The van der Waals surface area contributed by atoms with Crippen molar-refractivity contribution in [2.75, 3.05) is 11.9 Å². The second-order valence-corrected chi connectivity index (χ2v) is 4.91. The van der Waals surface area contributed by atoms with Crippen LogP contribution in [0.2, 0.25) is 0 Å². The molecule has 0 saturated carbocycles. The molecular weight excluding hydrogens is 236 g/mol. The molecule has 0 aliphatic heterocycles. The highest BCUT2D eigenvalue weighted by Crippen LogP contribution is 2.23. The molecule has 2 aromatic rings. The lowest BCUT2D eigenvalue weighted by Crippen LogP contribution is -2.15. The molecule has 0 radical (unpaired) electrons. The van der Waals surface area contributed by atoms with E-state index in [2.05, 4.69) is 42.0 Å². The van der Waals surface area contributed by atoms with E-state index in [4.69, 9.17) is 5.73 Å². The Bertz CT molecular complexity index is 572. The van der Waals surface area contributed by atoms with Crippen molar-refractivity contribution in [2.45, 2.75) is 27.3 Å². The first-order chi connectivity index (χ1) is 8.99. The van der Waals surface area contributed by atoms with E-state index in [1.807, 2.05) is 24.9 Å². The molecular formula is C15H20N4. The van der Waals surface area contributed by atoms with Crippen molar-refractivity contribution in [1.82, 2.24) is 9.97 Å². The van der Waals surface area contributed by atoms with Crippen LogP contribution in [0.25, 0.3) is 0 Å². The summed E-state index contributed by atoms with van der Waals surface area (Å²) in [5, 5.41) is 0. The fourth-order valence-electron chi connectivity index (χ4n) is 2.13. The molecule has 0 fully saturated rings. The first-order valence-electron chi connectivity index (χ1n) is 6.36. The molecule has 1 aromatic heterocycles. The number of rotatable bonds is 3. The van der Waals surface area contributed by atoms with Gasteiger partial charge in [-0.25, -0.2) is 9.97 Å². The molecule has 0 unspecified atom stereocenters. The summed E-state index contributed by atoms with van der Waals surface area (Å²) >= 11 is 0. The van der Waals surface area contributed by atoms with Crippen LogP contribution in [0.3, 0.4) is 0 Å². The highest BCUT2D eigenvalue weighted by atomic mass is 15.2. The number of anilines is 2. The van der Waals surface area contributed by atoms with Gasteiger partial charge < -0.3 is 10.6 Å². The van der Waals surface area contributed by atoms with Crippen molar-refractivity contribution in [1.29, 1.82) is 0 Å². The molecule has 4 nitrogen and oxygen atoms in total. The summed E-state index contributed by atoms with van der Waals surface area (Å²) < 4.78 is 0. The minimum atomic E-state index is 0.428. The normalized spacial score (nSPS) is 10.6. The van der Waals surface area contributed by atoms with Crippen LogP contribution in [0, 0.1) is 20.8 Å². The van der Waals surface area contributed by atoms with Crippen LogP contribution in [0.4, 0.5) is 11.6 Å². The van der Waals surface area contributed by atoms with Crippen LogP contribution in [-0.2, 0) is 6.54 Å². The van der Waals surface area contributed by atoms with Crippen molar-refractivity contribution in [3.63, 3.8) is 0 Å². The molecule has 0 spiro atoms. The Morgan fingerprint density at radius 1 is 1.00 bits per heavy atom. The summed E-state index contributed by atoms with van der Waals surface area (Å²) in [6.45, 7) is 6.57. The van der Waals surface area contributed by atoms with E-state index in [1.165, 1.54) is 11.1 Å². The molecule has 0 bridgehead atoms. The summed E-state index contributed by atoms with van der Waals surface area (Å²) in [6.07, 6.45) is 0. The number of aromatic nitrogens is 2. The number of nitrogens with zero attached hydrogens (tertiary/aromatic N) is 3. The molecule has 0 aliphatic carbocycles. The van der Waals surface area contributed by atoms with E-state index in [-0.39, 0.29) is 0 Å². The van der Waals surface area contributed by atoms with Crippen molar-refractivity contribution in [3.05, 3.63) is 46.8 Å². The third kappa shape index (κ3) is 3.09. The Labute approximate surface area is 114 Å². The SMILES string of the molecule is Cc1cc(C)cc(N(C)c2nc(C)cc(CN)n2)c1. The Kier molecular flexibility index (Phi) is 3.81. The molecule has 0 saturated heterocycles. The Hall–Kier alpha value is -1.94. The van der Waals surface area contributed by atoms with Gasteiger partial charge in [0.05, 0.1) is 5.69 Å². The third-order valence-corrected chi connectivity index (χ3v) is 3.00. The van der Waals surface area contributed by atoms with Crippen LogP contribution in [0.15, 0.2) is 24.3 Å². The van der Waals surface area contributed by atoms with E-state index >= 15 is 0 Å². The summed E-state index contributed by atoms with van der Waals surface area (Å²) in [7, 11) is 1.98. The molecule has 1 aromatic carbocycles. The number of aryl methyl sites for hydroxylation is 3. The van der Waals surface area contributed by atoms with Crippen molar-refractivity contribution in [3.8, 4) is 0 Å². The van der Waals surface area contributed by atoms with Crippen LogP contribution in [0.5, 0.6) is 0 Å². The molecule has 4 heteroatoms. The summed E-state index contributed by atoms with van der Waals surface area (Å²) in [5.74, 6) is 0.686. The summed E-state index contributed by atoms with van der Waals surface area (Å²) in [5.41, 5.74) is 11.0. The van der Waals surface area contributed by atoms with Crippen LogP contribution < -0.4 is 10.6 Å². The lowest BCUT2D eigenvalue weighted by Gasteiger charge is -2.19. The minimum Gasteiger partial charge on any atom is -0.325 e. The molecule has 19 heavy (non-hydrogen) atoms. The fourth-order valence-corrected chi connectivity index (χ4v) is 2.13. The molecule has 2 rings (SSSR count). The second-order valence-electron chi connectivity index (χ2n) is 4.91. The van der Waals surface area contributed by atoms with E-state index < -0.39 is 0 Å². The molecule has 0 amide bonds. The zero-order valence-electron chi connectivity index (χ0n) is 11.9. The van der Waals surface area contributed by atoms with Gasteiger partial charge in [0.15, 0.2) is 0 Å². The summed E-state index contributed by atoms with van der Waals surface area (Å²) in [6, 6.07) is 8.32. The number of hydrogen-bond acceptors (Lipinski definition) is 4. The summed E-state index contributed by atoms with van der Waals surface area (Å²) in [4.78, 5) is 10.9. The second kappa shape index (κ2) is 5.36. The third-order valence-electron chi connectivity index (χ3n) is 3.00. The number of benzene rings is 1. The van der Waals surface area contributed by atoms with E-state index in [9.17, 15) is 0 Å². The van der Waals surface area contributed by atoms with Gasteiger partial charge in [0.1, 0.15) is 0 Å². The van der Waals surface area contributed by atoms with Gasteiger partial charge in [-0.2, -0.15) is 0 Å². The molecule has 2 N–H and O–H groups in total. The van der Waals surface area contributed by atoms with Gasteiger partial charge in [-0.1, -0.05) is 6.07 Å². The number of hydrogen-bond donors (Lipinski definition) is 1. The average Bonchev–Trinajstić information content (AvgIpc) is 2.35. The fraction of sp³-hybridized carbons (Fsp3) is 0.333. The van der Waals surface area contributed by atoms with Gasteiger partial charge in [0.2, 0.25) is 5.95 Å². The lowest BCUT2D eigenvalue weighted by molar-refractivity contribution is 0.922. The van der Waals surface area contributed by atoms with E-state index in [0.29, 0.717) is 12.5 Å². The molecule has 0 atom stereocenters. The topological polar surface area (TPSA) is 55.0 Å². The van der Waals surface area contributed by atoms with Gasteiger partial charge >= 0.3 is 0 Å². The van der Waals surface area contributed by atoms with E-state index in [1.54, 1.807) is 0 Å². The van der Waals surface area contributed by atoms with Crippen molar-refractivity contribution < 1.29 is 0 Å². The standard InChI is InChI=1S/C15H20N4/c1-10-5-11(2)7-14(6-10)19(4)15-17-12(3)8-13(9-16)18-15/h5-8H,9,16H2,1-4H3.